The maximum absolute atomic E-state index is 13.4. The van der Waals surface area contributed by atoms with Crippen LogP contribution in [0.25, 0.3) is 10.9 Å². The molecule has 4 aromatic rings. The zero-order chi connectivity index (χ0) is 26.4. The molecule has 0 saturated carbocycles. The summed E-state index contributed by atoms with van der Waals surface area (Å²) in [5.74, 6) is -0.0519. The Morgan fingerprint density at radius 3 is 2.84 bits per heavy atom. The third-order valence-corrected chi connectivity index (χ3v) is 6.11. The van der Waals surface area contributed by atoms with Crippen LogP contribution in [0.2, 0.25) is 5.02 Å². The van der Waals surface area contributed by atoms with E-state index < -0.39 is 11.7 Å². The molecule has 10 heteroatoms. The number of halogens is 3. The predicted octanol–water partition coefficient (Wildman–Crippen LogP) is 6.19. The van der Waals surface area contributed by atoms with E-state index in [0.717, 1.165) is 17.3 Å². The number of nitrogens with one attached hydrogen (secondary N) is 1. The first-order chi connectivity index (χ1) is 17.8. The van der Waals surface area contributed by atoms with E-state index in [2.05, 4.69) is 38.3 Å². The lowest BCUT2D eigenvalue weighted by atomic mass is 10.2. The molecule has 0 aliphatic carbocycles. The van der Waals surface area contributed by atoms with Crippen LogP contribution in [0, 0.1) is 5.82 Å². The Morgan fingerprint density at radius 2 is 2.05 bits per heavy atom. The van der Waals surface area contributed by atoms with Gasteiger partial charge in [-0.2, -0.15) is 9.78 Å². The van der Waals surface area contributed by atoms with E-state index in [-0.39, 0.29) is 12.2 Å². The van der Waals surface area contributed by atoms with Crippen LogP contribution in [0.4, 0.5) is 10.1 Å². The molecule has 0 atom stereocenters. The Morgan fingerprint density at radius 1 is 1.22 bits per heavy atom. The smallest absolute Gasteiger partial charge is 0.282 e. The van der Waals surface area contributed by atoms with Crippen molar-refractivity contribution in [2.75, 3.05) is 11.9 Å². The quantitative estimate of drug-likeness (QED) is 0.237. The van der Waals surface area contributed by atoms with Crippen LogP contribution in [0.15, 0.2) is 75.0 Å². The number of benzene rings is 3. The topological polar surface area (TPSA) is 85.6 Å². The van der Waals surface area contributed by atoms with Crippen molar-refractivity contribution in [3.8, 4) is 5.75 Å². The summed E-state index contributed by atoms with van der Waals surface area (Å²) in [5, 5.41) is 7.87. The molecule has 3 aromatic carbocycles. The molecule has 0 aliphatic rings. The third kappa shape index (κ3) is 6.81. The average Bonchev–Trinajstić information content (AvgIpc) is 2.87. The third-order valence-electron chi connectivity index (χ3n) is 5.38. The molecule has 1 aromatic heterocycles. The minimum atomic E-state index is -0.467. The highest BCUT2D eigenvalue weighted by Crippen LogP contribution is 2.22. The summed E-state index contributed by atoms with van der Waals surface area (Å²) in [6.45, 7) is 1.73. The number of carbonyl (C=O) groups is 1. The number of nitrogens with zero attached hydrogens (tertiary/aromatic N) is 3. The number of hydrogen-bond donors (Lipinski definition) is 1. The van der Waals surface area contributed by atoms with Gasteiger partial charge in [-0.3, -0.25) is 9.59 Å². The van der Waals surface area contributed by atoms with Crippen LogP contribution in [0.3, 0.4) is 0 Å². The number of hydrogen-bond acceptors (Lipinski definition) is 5. The molecule has 0 radical (unpaired) electrons. The minimum absolute atomic E-state index is 0.298. The standard InChI is InChI=1S/C27H23BrClFN4O3/c1-2-3-7-25-33-23-10-8-18(28)13-22(23)27(36)34(25)31-15-17-12-19(29)9-11-24(17)37-16-26(35)32-21-6-4-5-20(30)14-21/h4-6,8-15H,2-3,7,16H2,1H3,(H,32,35). The zero-order valence-corrected chi connectivity index (χ0v) is 22.2. The molecule has 0 spiro atoms. The maximum atomic E-state index is 13.4. The van der Waals surface area contributed by atoms with E-state index in [4.69, 9.17) is 16.3 Å². The Labute approximate surface area is 226 Å². The number of amides is 1. The van der Waals surface area contributed by atoms with Gasteiger partial charge in [0.05, 0.1) is 17.1 Å². The summed E-state index contributed by atoms with van der Waals surface area (Å²) >= 11 is 9.59. The molecule has 7 nitrogen and oxygen atoms in total. The van der Waals surface area contributed by atoms with E-state index in [1.54, 1.807) is 36.4 Å². The molecule has 1 amide bonds. The van der Waals surface area contributed by atoms with Gasteiger partial charge in [-0.1, -0.05) is 46.9 Å². The average molecular weight is 586 g/mol. The summed E-state index contributed by atoms with van der Waals surface area (Å²) in [6.07, 6.45) is 3.81. The second-order valence-corrected chi connectivity index (χ2v) is 9.54. The van der Waals surface area contributed by atoms with E-state index in [0.29, 0.717) is 45.2 Å². The normalized spacial score (nSPS) is 11.2. The Balaban J connectivity index is 1.61. The molecule has 0 bridgehead atoms. The van der Waals surface area contributed by atoms with Crippen LogP contribution < -0.4 is 15.6 Å². The van der Waals surface area contributed by atoms with Gasteiger partial charge in [-0.15, -0.1) is 0 Å². The summed E-state index contributed by atoms with van der Waals surface area (Å²) in [7, 11) is 0. The lowest BCUT2D eigenvalue weighted by Gasteiger charge is -2.11. The second kappa shape index (κ2) is 12.1. The van der Waals surface area contributed by atoms with Crippen molar-refractivity contribution < 1.29 is 13.9 Å². The van der Waals surface area contributed by atoms with Gasteiger partial charge in [0.2, 0.25) is 0 Å². The van der Waals surface area contributed by atoms with Crippen LogP contribution in [0.5, 0.6) is 5.75 Å². The number of ether oxygens (including phenoxy) is 1. The van der Waals surface area contributed by atoms with Crippen molar-refractivity contribution in [2.24, 2.45) is 5.10 Å². The van der Waals surface area contributed by atoms with Gasteiger partial charge in [0, 0.05) is 27.2 Å². The summed E-state index contributed by atoms with van der Waals surface area (Å²) in [4.78, 5) is 30.3. The van der Waals surface area contributed by atoms with Crippen molar-refractivity contribution in [1.29, 1.82) is 0 Å². The molecule has 0 unspecified atom stereocenters. The predicted molar refractivity (Wildman–Crippen MR) is 147 cm³/mol. The number of fused-ring (bicyclic) bond motifs is 1. The van der Waals surface area contributed by atoms with Gasteiger partial charge in [-0.05, 0) is 61.0 Å². The Hall–Kier alpha value is -3.56. The number of aryl methyl sites for hydroxylation is 1. The Kier molecular flexibility index (Phi) is 8.68. The molecule has 4 rings (SSSR count). The molecule has 1 N–H and O–H groups in total. The lowest BCUT2D eigenvalue weighted by Crippen LogP contribution is -2.23. The fourth-order valence-electron chi connectivity index (χ4n) is 3.59. The van der Waals surface area contributed by atoms with Crippen molar-refractivity contribution in [3.05, 3.63) is 97.7 Å². The van der Waals surface area contributed by atoms with Crippen LogP contribution in [-0.4, -0.2) is 28.4 Å². The summed E-state index contributed by atoms with van der Waals surface area (Å²) in [6, 6.07) is 15.8. The van der Waals surface area contributed by atoms with Crippen molar-refractivity contribution in [1.82, 2.24) is 9.66 Å². The van der Waals surface area contributed by atoms with Crippen molar-refractivity contribution >= 4 is 56.2 Å². The SMILES string of the molecule is CCCCc1nc2ccc(Br)cc2c(=O)n1N=Cc1cc(Cl)ccc1OCC(=O)Nc1cccc(F)c1. The number of aromatic nitrogens is 2. The van der Waals surface area contributed by atoms with Crippen LogP contribution in [-0.2, 0) is 11.2 Å². The van der Waals surface area contributed by atoms with Gasteiger partial charge in [0.1, 0.15) is 17.4 Å². The molecule has 0 fully saturated rings. The first-order valence-electron chi connectivity index (χ1n) is 11.6. The van der Waals surface area contributed by atoms with E-state index in [1.807, 2.05) is 6.07 Å². The first-order valence-corrected chi connectivity index (χ1v) is 12.7. The highest BCUT2D eigenvalue weighted by Gasteiger charge is 2.12. The Bertz CT molecular complexity index is 1540. The molecule has 190 valence electrons. The number of anilines is 1. The van der Waals surface area contributed by atoms with Gasteiger partial charge in [0.25, 0.3) is 11.5 Å². The van der Waals surface area contributed by atoms with Crippen LogP contribution >= 0.6 is 27.5 Å². The van der Waals surface area contributed by atoms with E-state index in [1.165, 1.54) is 29.1 Å². The zero-order valence-electron chi connectivity index (χ0n) is 19.9. The van der Waals surface area contributed by atoms with Crippen molar-refractivity contribution in [2.45, 2.75) is 26.2 Å². The van der Waals surface area contributed by atoms with Gasteiger partial charge in [0.15, 0.2) is 6.61 Å². The van der Waals surface area contributed by atoms with Gasteiger partial charge < -0.3 is 10.1 Å². The molecule has 1 heterocycles. The van der Waals surface area contributed by atoms with E-state index in [9.17, 15) is 14.0 Å². The monoisotopic (exact) mass is 584 g/mol. The van der Waals surface area contributed by atoms with Crippen LogP contribution in [0.1, 0.15) is 31.2 Å². The summed E-state index contributed by atoms with van der Waals surface area (Å²) < 4.78 is 21.1. The fourth-order valence-corrected chi connectivity index (χ4v) is 4.13. The highest BCUT2D eigenvalue weighted by atomic mass is 79.9. The van der Waals surface area contributed by atoms with Gasteiger partial charge in [-0.25, -0.2) is 9.37 Å². The maximum Gasteiger partial charge on any atom is 0.282 e. The first kappa shape index (κ1) is 26.5. The highest BCUT2D eigenvalue weighted by molar-refractivity contribution is 9.10. The molecule has 37 heavy (non-hydrogen) atoms. The number of carbonyl (C=O) groups excluding carboxylic acids is 1. The molecule has 0 aliphatic heterocycles. The van der Waals surface area contributed by atoms with Gasteiger partial charge >= 0.3 is 0 Å². The van der Waals surface area contributed by atoms with E-state index >= 15 is 0 Å². The number of rotatable bonds is 9. The second-order valence-electron chi connectivity index (χ2n) is 8.18. The summed E-state index contributed by atoms with van der Waals surface area (Å²) in [5.41, 5.74) is 1.09. The van der Waals surface area contributed by atoms with Crippen molar-refractivity contribution in [3.63, 3.8) is 0 Å². The molecular weight excluding hydrogens is 563 g/mol. The molecular formula is C27H23BrClFN4O3. The largest absolute Gasteiger partial charge is 0.483 e. The molecule has 0 saturated heterocycles. The number of unbranched alkanes of at least 4 members (excludes halogenated alkanes) is 1. The minimum Gasteiger partial charge on any atom is -0.483 e. The lowest BCUT2D eigenvalue weighted by molar-refractivity contribution is -0.118. The fraction of sp³-hybridized carbons (Fsp3) is 0.185.